The molecule has 0 N–H and O–H groups in total. The van der Waals surface area contributed by atoms with Crippen LogP contribution in [0, 0.1) is 5.82 Å². The maximum absolute atomic E-state index is 12.9. The Balaban J connectivity index is 1.52. The number of fused-ring (bicyclic) bond motifs is 1. The number of nitrogens with zero attached hydrogens (tertiary/aromatic N) is 5. The Hall–Kier alpha value is -3.62. The largest absolute Gasteiger partial charge is 0.486 e. The van der Waals surface area contributed by atoms with E-state index in [-0.39, 0.29) is 24.6 Å². The zero-order valence-electron chi connectivity index (χ0n) is 14.3. The zero-order chi connectivity index (χ0) is 19.0. The van der Waals surface area contributed by atoms with Crippen LogP contribution in [-0.4, -0.2) is 25.7 Å². The van der Waals surface area contributed by atoms with Crippen LogP contribution < -0.4 is 15.2 Å². The molecule has 3 aromatic rings. The summed E-state index contributed by atoms with van der Waals surface area (Å²) in [5.74, 6) is 0.146. The number of anilines is 1. The van der Waals surface area contributed by atoms with Gasteiger partial charge in [-0.05, 0) is 24.3 Å². The number of pyridine rings is 2. The molecule has 27 heavy (non-hydrogen) atoms. The Morgan fingerprint density at radius 2 is 2.00 bits per heavy atom. The number of halogens is 1. The minimum Gasteiger partial charge on any atom is -0.486 e. The van der Waals surface area contributed by atoms with Crippen LogP contribution in [0.2, 0.25) is 0 Å². The number of aryl methyl sites for hydroxylation is 1. The lowest BCUT2D eigenvalue weighted by Gasteiger charge is -2.14. The highest BCUT2D eigenvalue weighted by molar-refractivity contribution is 6.08. The summed E-state index contributed by atoms with van der Waals surface area (Å²) in [6.45, 7) is 0.430. The molecule has 0 unspecified atom stereocenters. The van der Waals surface area contributed by atoms with Gasteiger partial charge < -0.3 is 4.74 Å². The van der Waals surface area contributed by atoms with Gasteiger partial charge in [0.05, 0.1) is 24.6 Å². The van der Waals surface area contributed by atoms with Crippen molar-refractivity contribution in [1.82, 2.24) is 19.7 Å². The summed E-state index contributed by atoms with van der Waals surface area (Å²) in [6, 6.07) is 7.43. The molecule has 8 nitrogen and oxygen atoms in total. The predicted octanol–water partition coefficient (Wildman–Crippen LogP) is 1.45. The monoisotopic (exact) mass is 367 g/mol. The van der Waals surface area contributed by atoms with E-state index >= 15 is 0 Å². The number of carbonyl (C=O) groups excluding carboxylic acids is 1. The lowest BCUT2D eigenvalue weighted by Crippen LogP contribution is -2.28. The number of carbonyl (C=O) groups is 1. The fraction of sp³-hybridized carbons (Fsp3) is 0.167. The first-order valence-corrected chi connectivity index (χ1v) is 8.09. The molecule has 0 spiro atoms. The smallest absolute Gasteiger partial charge is 0.278 e. The van der Waals surface area contributed by atoms with Gasteiger partial charge in [0.25, 0.3) is 11.5 Å². The minimum atomic E-state index is -0.413. The van der Waals surface area contributed by atoms with Gasteiger partial charge in [-0.2, -0.15) is 5.10 Å². The lowest BCUT2D eigenvalue weighted by atomic mass is 10.2. The number of rotatable bonds is 4. The molecular formula is C18H14FN5O3. The van der Waals surface area contributed by atoms with Gasteiger partial charge in [0.15, 0.2) is 5.82 Å². The Labute approximate surface area is 152 Å². The van der Waals surface area contributed by atoms with E-state index in [1.165, 1.54) is 47.1 Å². The average Bonchev–Trinajstić information content (AvgIpc) is 3.00. The highest BCUT2D eigenvalue weighted by Crippen LogP contribution is 2.27. The molecular weight excluding hydrogens is 353 g/mol. The van der Waals surface area contributed by atoms with Gasteiger partial charge in [-0.3, -0.25) is 19.5 Å². The minimum absolute atomic E-state index is 0.154. The third-order valence-corrected chi connectivity index (χ3v) is 4.12. The summed E-state index contributed by atoms with van der Waals surface area (Å²) < 4.78 is 19.7. The summed E-state index contributed by atoms with van der Waals surface area (Å²) in [4.78, 5) is 33.6. The van der Waals surface area contributed by atoms with Gasteiger partial charge >= 0.3 is 0 Å². The second kappa shape index (κ2) is 6.60. The van der Waals surface area contributed by atoms with Crippen LogP contribution in [0.15, 0.2) is 47.5 Å². The fourth-order valence-electron chi connectivity index (χ4n) is 2.72. The molecule has 1 aliphatic rings. The first-order valence-electron chi connectivity index (χ1n) is 8.09. The van der Waals surface area contributed by atoms with Crippen molar-refractivity contribution in [3.8, 4) is 5.75 Å². The molecule has 0 aromatic carbocycles. The topological polar surface area (TPSA) is 90.2 Å². The van der Waals surface area contributed by atoms with Gasteiger partial charge in [-0.15, -0.1) is 0 Å². The second-order valence-corrected chi connectivity index (χ2v) is 5.98. The van der Waals surface area contributed by atoms with Crippen LogP contribution in [0.25, 0.3) is 0 Å². The van der Waals surface area contributed by atoms with Gasteiger partial charge in [0, 0.05) is 18.7 Å². The third-order valence-electron chi connectivity index (χ3n) is 4.12. The van der Waals surface area contributed by atoms with Crippen LogP contribution in [0.5, 0.6) is 5.75 Å². The standard InChI is InChI=1S/C18H14FN5O3/c1-23-16(25)5-4-15(22-23)24-9-11-6-14(8-21-17(11)18(24)26)27-10-13-3-2-12(19)7-20-13/h2-8H,9-10H2,1H3. The average molecular weight is 367 g/mol. The van der Waals surface area contributed by atoms with E-state index in [9.17, 15) is 14.0 Å². The molecule has 1 aliphatic heterocycles. The molecule has 0 saturated heterocycles. The quantitative estimate of drug-likeness (QED) is 0.693. The summed E-state index contributed by atoms with van der Waals surface area (Å²) in [5.41, 5.74) is 1.33. The van der Waals surface area contributed by atoms with Crippen molar-refractivity contribution in [2.75, 3.05) is 4.90 Å². The van der Waals surface area contributed by atoms with E-state index in [1.54, 1.807) is 6.07 Å². The van der Waals surface area contributed by atoms with Gasteiger partial charge in [-0.25, -0.2) is 14.1 Å². The zero-order valence-corrected chi connectivity index (χ0v) is 14.3. The van der Waals surface area contributed by atoms with Crippen molar-refractivity contribution in [3.05, 3.63) is 75.8 Å². The number of amides is 1. The number of ether oxygens (including phenoxy) is 1. The van der Waals surface area contributed by atoms with Crippen molar-refractivity contribution < 1.29 is 13.9 Å². The predicted molar refractivity (Wildman–Crippen MR) is 92.8 cm³/mol. The molecule has 0 atom stereocenters. The highest BCUT2D eigenvalue weighted by atomic mass is 19.1. The molecule has 3 aromatic heterocycles. The number of hydrogen-bond donors (Lipinski definition) is 0. The first-order chi connectivity index (χ1) is 13.0. The molecule has 0 bridgehead atoms. The Morgan fingerprint density at radius 1 is 1.15 bits per heavy atom. The van der Waals surface area contributed by atoms with Crippen LogP contribution in [0.3, 0.4) is 0 Å². The van der Waals surface area contributed by atoms with Gasteiger partial charge in [0.1, 0.15) is 23.9 Å². The van der Waals surface area contributed by atoms with E-state index in [4.69, 9.17) is 4.74 Å². The van der Waals surface area contributed by atoms with Crippen molar-refractivity contribution in [2.45, 2.75) is 13.2 Å². The van der Waals surface area contributed by atoms with Gasteiger partial charge in [-0.1, -0.05) is 0 Å². The lowest BCUT2D eigenvalue weighted by molar-refractivity contribution is 0.0991. The molecule has 0 aliphatic carbocycles. The maximum atomic E-state index is 12.9. The van der Waals surface area contributed by atoms with Crippen LogP contribution in [0.4, 0.5) is 10.2 Å². The Bertz CT molecular complexity index is 1080. The van der Waals surface area contributed by atoms with E-state index in [1.807, 2.05) is 0 Å². The van der Waals surface area contributed by atoms with E-state index in [2.05, 4.69) is 15.1 Å². The molecule has 0 radical (unpaired) electrons. The van der Waals surface area contributed by atoms with Crippen LogP contribution in [-0.2, 0) is 20.2 Å². The van der Waals surface area contributed by atoms with Crippen molar-refractivity contribution in [3.63, 3.8) is 0 Å². The molecule has 0 saturated carbocycles. The molecule has 4 heterocycles. The molecule has 136 valence electrons. The molecule has 0 fully saturated rings. The Morgan fingerprint density at radius 3 is 2.74 bits per heavy atom. The SMILES string of the molecule is Cn1nc(N2Cc3cc(OCc4ccc(F)cn4)cnc3C2=O)ccc1=O. The summed E-state index contributed by atoms with van der Waals surface area (Å²) in [6.07, 6.45) is 2.58. The number of aromatic nitrogens is 4. The summed E-state index contributed by atoms with van der Waals surface area (Å²) >= 11 is 0. The van der Waals surface area contributed by atoms with Crippen molar-refractivity contribution in [1.29, 1.82) is 0 Å². The molecule has 1 amide bonds. The first kappa shape index (κ1) is 16.8. The van der Waals surface area contributed by atoms with E-state index in [0.29, 0.717) is 28.5 Å². The summed E-state index contributed by atoms with van der Waals surface area (Å²) in [5, 5.41) is 4.11. The summed E-state index contributed by atoms with van der Waals surface area (Å²) in [7, 11) is 1.52. The second-order valence-electron chi connectivity index (χ2n) is 5.98. The van der Waals surface area contributed by atoms with Crippen LogP contribution in [0.1, 0.15) is 21.7 Å². The van der Waals surface area contributed by atoms with Crippen LogP contribution >= 0.6 is 0 Å². The third kappa shape index (κ3) is 3.26. The van der Waals surface area contributed by atoms with Crippen molar-refractivity contribution >= 4 is 11.7 Å². The molecule has 4 rings (SSSR count). The molecule has 9 heteroatoms. The normalized spacial score (nSPS) is 13.0. The van der Waals surface area contributed by atoms with Crippen molar-refractivity contribution in [2.24, 2.45) is 7.05 Å². The highest BCUT2D eigenvalue weighted by Gasteiger charge is 2.31. The van der Waals surface area contributed by atoms with E-state index in [0.717, 1.165) is 6.20 Å². The van der Waals surface area contributed by atoms with Gasteiger partial charge in [0.2, 0.25) is 0 Å². The van der Waals surface area contributed by atoms with E-state index < -0.39 is 5.82 Å². The number of hydrogen-bond acceptors (Lipinski definition) is 6. The maximum Gasteiger partial charge on any atom is 0.278 e. The fourth-order valence-corrected chi connectivity index (χ4v) is 2.72. The Kier molecular flexibility index (Phi) is 4.11.